The fraction of sp³-hybridized carbons (Fsp3) is 0.250. The van der Waals surface area contributed by atoms with E-state index in [-0.39, 0.29) is 11.9 Å². The van der Waals surface area contributed by atoms with Gasteiger partial charge in [0.1, 0.15) is 11.6 Å². The molecule has 1 atom stereocenters. The Morgan fingerprint density at radius 3 is 2.50 bits per heavy atom. The van der Waals surface area contributed by atoms with E-state index in [1.807, 2.05) is 24.3 Å². The molecule has 0 spiro atoms. The van der Waals surface area contributed by atoms with Crippen LogP contribution in [-0.2, 0) is 6.54 Å². The molecular weight excluding hydrogens is 277 g/mol. The van der Waals surface area contributed by atoms with Crippen LogP contribution >= 0.6 is 11.6 Å². The first-order valence-corrected chi connectivity index (χ1v) is 6.79. The first-order valence-electron chi connectivity index (χ1n) is 6.41. The SMILES string of the molecule is COc1ccc([C@@H](C)NCc2ccc(F)cc2Cl)cc1. The summed E-state index contributed by atoms with van der Waals surface area (Å²) in [7, 11) is 1.65. The van der Waals surface area contributed by atoms with Crippen molar-refractivity contribution in [3.8, 4) is 5.75 Å². The highest BCUT2D eigenvalue weighted by Gasteiger charge is 2.07. The van der Waals surface area contributed by atoms with Gasteiger partial charge in [-0.3, -0.25) is 0 Å². The molecule has 4 heteroatoms. The molecule has 0 unspecified atom stereocenters. The summed E-state index contributed by atoms with van der Waals surface area (Å²) in [5, 5.41) is 3.81. The number of ether oxygens (including phenoxy) is 1. The van der Waals surface area contributed by atoms with Gasteiger partial charge in [-0.25, -0.2) is 4.39 Å². The van der Waals surface area contributed by atoms with Gasteiger partial charge < -0.3 is 10.1 Å². The number of hydrogen-bond acceptors (Lipinski definition) is 2. The minimum absolute atomic E-state index is 0.169. The molecule has 1 N–H and O–H groups in total. The van der Waals surface area contributed by atoms with Crippen molar-refractivity contribution in [2.75, 3.05) is 7.11 Å². The van der Waals surface area contributed by atoms with Crippen LogP contribution in [-0.4, -0.2) is 7.11 Å². The lowest BCUT2D eigenvalue weighted by Gasteiger charge is -2.15. The number of benzene rings is 2. The Kier molecular flexibility index (Phi) is 4.99. The van der Waals surface area contributed by atoms with E-state index in [0.29, 0.717) is 11.6 Å². The molecule has 2 aromatic rings. The van der Waals surface area contributed by atoms with Gasteiger partial charge >= 0.3 is 0 Å². The van der Waals surface area contributed by atoms with Crippen LogP contribution in [0.3, 0.4) is 0 Å². The zero-order valence-electron chi connectivity index (χ0n) is 11.5. The number of halogens is 2. The smallest absolute Gasteiger partial charge is 0.124 e. The van der Waals surface area contributed by atoms with Crippen molar-refractivity contribution in [1.29, 1.82) is 0 Å². The lowest BCUT2D eigenvalue weighted by atomic mass is 10.1. The van der Waals surface area contributed by atoms with Crippen LogP contribution in [0.4, 0.5) is 4.39 Å². The summed E-state index contributed by atoms with van der Waals surface area (Å²) in [6, 6.07) is 12.5. The Morgan fingerprint density at radius 2 is 1.90 bits per heavy atom. The molecule has 0 bridgehead atoms. The summed E-state index contributed by atoms with van der Waals surface area (Å²) in [5.74, 6) is 0.518. The van der Waals surface area contributed by atoms with E-state index in [2.05, 4.69) is 12.2 Å². The standard InChI is InChI=1S/C16H17ClFNO/c1-11(12-4-7-15(20-2)8-5-12)19-10-13-3-6-14(18)9-16(13)17/h3-9,11,19H,10H2,1-2H3/t11-/m1/s1. The van der Waals surface area contributed by atoms with Crippen LogP contribution in [0.25, 0.3) is 0 Å². The Balaban J connectivity index is 1.98. The highest BCUT2D eigenvalue weighted by Crippen LogP contribution is 2.20. The lowest BCUT2D eigenvalue weighted by Crippen LogP contribution is -2.18. The molecule has 0 aliphatic rings. The van der Waals surface area contributed by atoms with Crippen molar-refractivity contribution in [3.63, 3.8) is 0 Å². The summed E-state index contributed by atoms with van der Waals surface area (Å²) >= 11 is 6.00. The summed E-state index contributed by atoms with van der Waals surface area (Å²) < 4.78 is 18.1. The summed E-state index contributed by atoms with van der Waals surface area (Å²) in [6.45, 7) is 2.66. The van der Waals surface area contributed by atoms with Crippen LogP contribution in [0, 0.1) is 5.82 Å². The molecule has 0 amide bonds. The van der Waals surface area contributed by atoms with Gasteiger partial charge in [0.2, 0.25) is 0 Å². The highest BCUT2D eigenvalue weighted by atomic mass is 35.5. The zero-order chi connectivity index (χ0) is 14.5. The average Bonchev–Trinajstić information content (AvgIpc) is 2.46. The van der Waals surface area contributed by atoms with Crippen molar-refractivity contribution in [3.05, 3.63) is 64.4 Å². The van der Waals surface area contributed by atoms with Gasteiger partial charge in [-0.1, -0.05) is 29.8 Å². The molecule has 0 aliphatic carbocycles. The highest BCUT2D eigenvalue weighted by molar-refractivity contribution is 6.31. The van der Waals surface area contributed by atoms with E-state index < -0.39 is 0 Å². The third kappa shape index (κ3) is 3.71. The van der Waals surface area contributed by atoms with Gasteiger partial charge in [-0.05, 0) is 42.3 Å². The Bertz CT molecular complexity index is 571. The maximum Gasteiger partial charge on any atom is 0.124 e. The van der Waals surface area contributed by atoms with Gasteiger partial charge in [0.25, 0.3) is 0 Å². The molecule has 2 aromatic carbocycles. The van der Waals surface area contributed by atoms with E-state index >= 15 is 0 Å². The first-order chi connectivity index (χ1) is 9.60. The molecule has 0 fully saturated rings. The average molecular weight is 294 g/mol. The third-order valence-corrected chi connectivity index (χ3v) is 3.58. The van der Waals surface area contributed by atoms with Crippen LogP contribution in [0.2, 0.25) is 5.02 Å². The quantitative estimate of drug-likeness (QED) is 0.885. The summed E-state index contributed by atoms with van der Waals surface area (Å²) in [6.07, 6.45) is 0. The normalized spacial score (nSPS) is 12.2. The predicted molar refractivity (Wildman–Crippen MR) is 79.7 cm³/mol. The Hall–Kier alpha value is -1.58. The topological polar surface area (TPSA) is 21.3 Å². The monoisotopic (exact) mass is 293 g/mol. The minimum Gasteiger partial charge on any atom is -0.497 e. The van der Waals surface area contributed by atoms with E-state index in [1.165, 1.54) is 12.1 Å². The summed E-state index contributed by atoms with van der Waals surface area (Å²) in [4.78, 5) is 0. The van der Waals surface area contributed by atoms with Crippen LogP contribution in [0.5, 0.6) is 5.75 Å². The fourth-order valence-corrected chi connectivity index (χ4v) is 2.17. The molecule has 106 valence electrons. The number of rotatable bonds is 5. The van der Waals surface area contributed by atoms with E-state index in [0.717, 1.165) is 16.9 Å². The van der Waals surface area contributed by atoms with Crippen molar-refractivity contribution in [2.24, 2.45) is 0 Å². The molecule has 0 radical (unpaired) electrons. The first kappa shape index (κ1) is 14.8. The van der Waals surface area contributed by atoms with Crippen molar-refractivity contribution < 1.29 is 9.13 Å². The maximum absolute atomic E-state index is 13.0. The minimum atomic E-state index is -0.318. The molecule has 0 aliphatic heterocycles. The molecule has 0 saturated carbocycles. The fourth-order valence-electron chi connectivity index (χ4n) is 1.94. The van der Waals surface area contributed by atoms with E-state index in [9.17, 15) is 4.39 Å². The molecule has 0 aromatic heterocycles. The van der Waals surface area contributed by atoms with Crippen LogP contribution < -0.4 is 10.1 Å². The molecule has 0 heterocycles. The van der Waals surface area contributed by atoms with Gasteiger partial charge in [0.15, 0.2) is 0 Å². The van der Waals surface area contributed by atoms with Gasteiger partial charge in [-0.2, -0.15) is 0 Å². The maximum atomic E-state index is 13.0. The zero-order valence-corrected chi connectivity index (χ0v) is 12.2. The predicted octanol–water partition coefficient (Wildman–Crippen LogP) is 4.34. The number of methoxy groups -OCH3 is 1. The molecule has 2 rings (SSSR count). The lowest BCUT2D eigenvalue weighted by molar-refractivity contribution is 0.414. The summed E-state index contributed by atoms with van der Waals surface area (Å²) in [5.41, 5.74) is 2.04. The van der Waals surface area contributed by atoms with Crippen molar-refractivity contribution in [2.45, 2.75) is 19.5 Å². The molecule has 0 saturated heterocycles. The second-order valence-electron chi connectivity index (χ2n) is 4.61. The number of nitrogens with one attached hydrogen (secondary N) is 1. The van der Waals surface area contributed by atoms with Crippen LogP contribution in [0.1, 0.15) is 24.1 Å². The molecule has 2 nitrogen and oxygen atoms in total. The van der Waals surface area contributed by atoms with Crippen molar-refractivity contribution >= 4 is 11.6 Å². The van der Waals surface area contributed by atoms with E-state index in [1.54, 1.807) is 13.2 Å². The Morgan fingerprint density at radius 1 is 1.20 bits per heavy atom. The van der Waals surface area contributed by atoms with Gasteiger partial charge in [0, 0.05) is 17.6 Å². The second-order valence-corrected chi connectivity index (χ2v) is 5.02. The van der Waals surface area contributed by atoms with Gasteiger partial charge in [0.05, 0.1) is 7.11 Å². The third-order valence-electron chi connectivity index (χ3n) is 3.23. The molecule has 20 heavy (non-hydrogen) atoms. The van der Waals surface area contributed by atoms with Gasteiger partial charge in [-0.15, -0.1) is 0 Å². The molecular formula is C16H17ClFNO. The largest absolute Gasteiger partial charge is 0.497 e. The number of hydrogen-bond donors (Lipinski definition) is 1. The Labute approximate surface area is 123 Å². The van der Waals surface area contributed by atoms with Crippen molar-refractivity contribution in [1.82, 2.24) is 5.32 Å². The second kappa shape index (κ2) is 6.73. The van der Waals surface area contributed by atoms with Crippen LogP contribution in [0.15, 0.2) is 42.5 Å². The van der Waals surface area contributed by atoms with E-state index in [4.69, 9.17) is 16.3 Å².